The lowest BCUT2D eigenvalue weighted by Crippen LogP contribution is -2.31. The Hall–Kier alpha value is -1.60. The van der Waals surface area contributed by atoms with Crippen molar-refractivity contribution in [2.75, 3.05) is 31.6 Å². The predicted octanol–water partition coefficient (Wildman–Crippen LogP) is 4.26. The van der Waals surface area contributed by atoms with E-state index in [1.165, 1.54) is 0 Å². The van der Waals surface area contributed by atoms with Crippen molar-refractivity contribution < 1.29 is 19.1 Å². The van der Waals surface area contributed by atoms with E-state index in [9.17, 15) is 9.36 Å². The molecule has 2 amide bonds. The Morgan fingerprint density at radius 2 is 2.03 bits per heavy atom. The molecule has 7 nitrogen and oxygen atoms in total. The number of rotatable bonds is 6. The number of benzene rings is 2. The molecule has 4 N–H and O–H groups in total. The molecule has 1 atom stereocenters. The van der Waals surface area contributed by atoms with Gasteiger partial charge in [0.1, 0.15) is 0 Å². The van der Waals surface area contributed by atoms with Gasteiger partial charge in [0.15, 0.2) is 0 Å². The molecule has 162 valence electrons. The third kappa shape index (κ3) is 6.20. The first-order chi connectivity index (χ1) is 14.1. The van der Waals surface area contributed by atoms with Gasteiger partial charge in [-0.1, -0.05) is 35.3 Å². The van der Waals surface area contributed by atoms with Crippen LogP contribution in [0.15, 0.2) is 36.4 Å². The quantitative estimate of drug-likeness (QED) is 0.372. The first kappa shape index (κ1) is 23.1. The molecule has 0 bridgehead atoms. The van der Waals surface area contributed by atoms with Gasteiger partial charge >= 0.3 is 13.6 Å². The highest BCUT2D eigenvalue weighted by molar-refractivity contribution is 7.51. The van der Waals surface area contributed by atoms with Crippen molar-refractivity contribution in [3.63, 3.8) is 0 Å². The Balaban J connectivity index is 1.72. The second kappa shape index (κ2) is 9.69. The maximum atomic E-state index is 12.1. The van der Waals surface area contributed by atoms with Gasteiger partial charge in [0, 0.05) is 41.3 Å². The van der Waals surface area contributed by atoms with E-state index in [4.69, 9.17) is 33.0 Å². The summed E-state index contributed by atoms with van der Waals surface area (Å²) < 4.78 is 10.9. The lowest BCUT2D eigenvalue weighted by molar-refractivity contribution is 0.252. The van der Waals surface area contributed by atoms with E-state index < -0.39 is 13.6 Å². The van der Waals surface area contributed by atoms with Crippen LogP contribution in [0.1, 0.15) is 29.0 Å². The smallest absolute Gasteiger partial charge is 0.325 e. The summed E-state index contributed by atoms with van der Waals surface area (Å²) >= 11 is 12.7. The first-order valence-corrected chi connectivity index (χ1v) is 12.0. The minimum atomic E-state index is -4.05. The standard InChI is InChI=1S/C20H24Cl2N3O4P/c1-25-11-17(16-9-14(21)10-19(22)18(16)12-25)13-4-2-5-15(8-13)24-20(26)23-6-3-7-30(27,28)29/h2,4-5,8-10,17H,3,6-7,11-12H2,1H3,(H2,23,24,26)(H2,27,28,29). The zero-order valence-electron chi connectivity index (χ0n) is 16.4. The molecule has 0 fully saturated rings. The highest BCUT2D eigenvalue weighted by Crippen LogP contribution is 2.39. The predicted molar refractivity (Wildman–Crippen MR) is 120 cm³/mol. The minimum Gasteiger partial charge on any atom is -0.338 e. The fourth-order valence-corrected chi connectivity index (χ4v) is 4.76. The monoisotopic (exact) mass is 471 g/mol. The summed E-state index contributed by atoms with van der Waals surface area (Å²) in [4.78, 5) is 32.0. The van der Waals surface area contributed by atoms with Gasteiger partial charge in [0.05, 0.1) is 6.16 Å². The number of fused-ring (bicyclic) bond motifs is 1. The van der Waals surface area contributed by atoms with Crippen LogP contribution >= 0.6 is 30.8 Å². The van der Waals surface area contributed by atoms with Crippen molar-refractivity contribution in [1.82, 2.24) is 10.2 Å². The fourth-order valence-electron chi connectivity index (χ4n) is 3.63. The molecule has 1 aliphatic heterocycles. The molecule has 1 heterocycles. The molecule has 2 aromatic rings. The van der Waals surface area contributed by atoms with Crippen molar-refractivity contribution in [2.45, 2.75) is 18.9 Å². The molecule has 0 saturated heterocycles. The Morgan fingerprint density at radius 3 is 2.77 bits per heavy atom. The number of hydrogen-bond acceptors (Lipinski definition) is 3. The molecule has 2 aromatic carbocycles. The molecule has 1 aliphatic rings. The van der Waals surface area contributed by atoms with Crippen LogP contribution in [0.3, 0.4) is 0 Å². The normalized spacial score (nSPS) is 16.8. The number of urea groups is 1. The summed E-state index contributed by atoms with van der Waals surface area (Å²) in [6.45, 7) is 1.72. The summed E-state index contributed by atoms with van der Waals surface area (Å²) in [6.07, 6.45) is -0.0626. The maximum absolute atomic E-state index is 12.1. The van der Waals surface area contributed by atoms with E-state index in [0.717, 1.165) is 29.8 Å². The molecular formula is C20H24Cl2N3O4P. The van der Waals surface area contributed by atoms with Gasteiger partial charge in [-0.05, 0) is 54.4 Å². The number of anilines is 1. The van der Waals surface area contributed by atoms with Crippen molar-refractivity contribution in [3.8, 4) is 0 Å². The topological polar surface area (TPSA) is 102 Å². The number of carbonyl (C=O) groups excluding carboxylic acids is 1. The van der Waals surface area contributed by atoms with Crippen LogP contribution in [-0.2, 0) is 11.1 Å². The molecule has 30 heavy (non-hydrogen) atoms. The van der Waals surface area contributed by atoms with Crippen molar-refractivity contribution in [1.29, 1.82) is 0 Å². The number of halogens is 2. The van der Waals surface area contributed by atoms with Gasteiger partial charge in [0.25, 0.3) is 0 Å². The molecule has 1 unspecified atom stereocenters. The second-order valence-electron chi connectivity index (χ2n) is 7.45. The summed E-state index contributed by atoms with van der Waals surface area (Å²) in [6, 6.07) is 10.9. The van der Waals surface area contributed by atoms with Crippen LogP contribution in [0.4, 0.5) is 10.5 Å². The SMILES string of the molecule is CN1Cc2c(Cl)cc(Cl)cc2C(c2cccc(NC(=O)NCCCP(=O)(O)O)c2)C1. The molecule has 0 spiro atoms. The summed E-state index contributed by atoms with van der Waals surface area (Å²) in [5.74, 6) is 0.0583. The van der Waals surface area contributed by atoms with Crippen LogP contribution in [-0.4, -0.2) is 47.0 Å². The van der Waals surface area contributed by atoms with E-state index in [2.05, 4.69) is 15.5 Å². The van der Waals surface area contributed by atoms with E-state index >= 15 is 0 Å². The van der Waals surface area contributed by atoms with Crippen LogP contribution in [0.2, 0.25) is 10.0 Å². The lowest BCUT2D eigenvalue weighted by atomic mass is 9.84. The average molecular weight is 472 g/mol. The fraction of sp³-hybridized carbons (Fsp3) is 0.350. The van der Waals surface area contributed by atoms with Crippen LogP contribution < -0.4 is 10.6 Å². The number of nitrogens with one attached hydrogen (secondary N) is 2. The highest BCUT2D eigenvalue weighted by Gasteiger charge is 2.27. The average Bonchev–Trinajstić information content (AvgIpc) is 2.65. The van der Waals surface area contributed by atoms with Gasteiger partial charge in [0.2, 0.25) is 0 Å². The van der Waals surface area contributed by atoms with Gasteiger partial charge < -0.3 is 25.3 Å². The van der Waals surface area contributed by atoms with Crippen LogP contribution in [0, 0.1) is 0 Å². The molecule has 0 saturated carbocycles. The Morgan fingerprint density at radius 1 is 1.27 bits per heavy atom. The molecule has 10 heteroatoms. The van der Waals surface area contributed by atoms with Gasteiger partial charge in [-0.3, -0.25) is 4.57 Å². The van der Waals surface area contributed by atoms with E-state index in [-0.39, 0.29) is 25.0 Å². The van der Waals surface area contributed by atoms with Gasteiger partial charge in [-0.25, -0.2) is 4.79 Å². The molecule has 3 rings (SSSR count). The maximum Gasteiger partial charge on any atom is 0.325 e. The van der Waals surface area contributed by atoms with Gasteiger partial charge in [-0.15, -0.1) is 0 Å². The first-order valence-electron chi connectivity index (χ1n) is 9.48. The minimum absolute atomic E-state index is 0.0583. The number of likely N-dealkylation sites (N-methyl/N-ethyl adjacent to an activating group) is 1. The zero-order chi connectivity index (χ0) is 21.9. The van der Waals surface area contributed by atoms with Crippen molar-refractivity contribution in [3.05, 3.63) is 63.1 Å². The third-order valence-corrected chi connectivity index (χ3v) is 6.41. The Labute approximate surface area is 185 Å². The molecular weight excluding hydrogens is 448 g/mol. The van der Waals surface area contributed by atoms with E-state index in [1.54, 1.807) is 12.1 Å². The number of nitrogens with zero attached hydrogens (tertiary/aromatic N) is 1. The third-order valence-electron chi connectivity index (χ3n) is 4.95. The largest absolute Gasteiger partial charge is 0.338 e. The lowest BCUT2D eigenvalue weighted by Gasteiger charge is -2.33. The van der Waals surface area contributed by atoms with Gasteiger partial charge in [-0.2, -0.15) is 0 Å². The number of carbonyl (C=O) groups is 1. The summed E-state index contributed by atoms with van der Waals surface area (Å²) in [7, 11) is -2.01. The second-order valence-corrected chi connectivity index (χ2v) is 10.1. The van der Waals surface area contributed by atoms with Crippen LogP contribution in [0.5, 0.6) is 0 Å². The number of amides is 2. The molecule has 0 radical (unpaired) electrons. The molecule has 0 aliphatic carbocycles. The van der Waals surface area contributed by atoms with E-state index in [0.29, 0.717) is 15.7 Å². The zero-order valence-corrected chi connectivity index (χ0v) is 18.8. The Kier molecular flexibility index (Phi) is 7.45. The summed E-state index contributed by atoms with van der Waals surface area (Å²) in [5.41, 5.74) is 3.80. The van der Waals surface area contributed by atoms with Crippen molar-refractivity contribution in [2.24, 2.45) is 0 Å². The summed E-state index contributed by atoms with van der Waals surface area (Å²) in [5, 5.41) is 6.62. The number of hydrogen-bond donors (Lipinski definition) is 4. The van der Waals surface area contributed by atoms with E-state index in [1.807, 2.05) is 31.3 Å². The highest BCUT2D eigenvalue weighted by atomic mass is 35.5. The van der Waals surface area contributed by atoms with Crippen LogP contribution in [0.25, 0.3) is 0 Å². The molecule has 0 aromatic heterocycles. The van der Waals surface area contributed by atoms with Crippen molar-refractivity contribution >= 4 is 42.5 Å². The Bertz CT molecular complexity index is 983.